The summed E-state index contributed by atoms with van der Waals surface area (Å²) in [5, 5.41) is -0.496. The van der Waals surface area contributed by atoms with Crippen LogP contribution in [0.25, 0.3) is 0 Å². The van der Waals surface area contributed by atoms with Gasteiger partial charge in [-0.3, -0.25) is 4.90 Å². The van der Waals surface area contributed by atoms with E-state index in [4.69, 9.17) is 10.2 Å². The highest BCUT2D eigenvalue weighted by Gasteiger charge is 2.39. The molecule has 1 aliphatic rings. The predicted octanol–water partition coefficient (Wildman–Crippen LogP) is 1.79. The van der Waals surface area contributed by atoms with Crippen LogP contribution in [0.1, 0.15) is 30.9 Å². The zero-order valence-corrected chi connectivity index (χ0v) is 14.4. The number of hydrogen-bond donors (Lipinski definition) is 1. The van der Waals surface area contributed by atoms with Crippen molar-refractivity contribution in [2.75, 3.05) is 24.3 Å². The average Bonchev–Trinajstić information content (AvgIpc) is 2.84. The van der Waals surface area contributed by atoms with Gasteiger partial charge in [-0.05, 0) is 25.5 Å². The summed E-state index contributed by atoms with van der Waals surface area (Å²) in [5.74, 6) is 3.09. The third-order valence-corrected chi connectivity index (χ3v) is 6.56. The lowest BCUT2D eigenvalue weighted by Crippen LogP contribution is -2.52. The van der Waals surface area contributed by atoms with Crippen LogP contribution in [0.4, 0.5) is 0 Å². The van der Waals surface area contributed by atoms with Crippen LogP contribution in [0, 0.1) is 6.92 Å². The first-order chi connectivity index (χ1) is 9.84. The van der Waals surface area contributed by atoms with Gasteiger partial charge in [0.25, 0.3) is 0 Å². The maximum absolute atomic E-state index is 12.1. The number of hydrogen-bond acceptors (Lipinski definition) is 6. The largest absolute Gasteiger partial charge is 0.465 e. The van der Waals surface area contributed by atoms with Gasteiger partial charge in [-0.2, -0.15) is 11.8 Å². The van der Waals surface area contributed by atoms with Gasteiger partial charge in [-0.15, -0.1) is 0 Å². The molecular formula is C14H24N2O3S2. The SMILES string of the molecule is CCC(N)C(c1ccc(C)o1)N1CCSCC1S(C)(=O)=O. The summed E-state index contributed by atoms with van der Waals surface area (Å²) in [5.41, 5.74) is 6.29. The van der Waals surface area contributed by atoms with E-state index in [9.17, 15) is 8.42 Å². The molecule has 1 saturated heterocycles. The van der Waals surface area contributed by atoms with E-state index in [0.29, 0.717) is 12.3 Å². The van der Waals surface area contributed by atoms with E-state index in [1.807, 2.05) is 30.9 Å². The normalized spacial score (nSPS) is 23.9. The zero-order chi connectivity index (χ0) is 15.6. The molecule has 7 heteroatoms. The molecule has 0 radical (unpaired) electrons. The van der Waals surface area contributed by atoms with Gasteiger partial charge in [0.05, 0.1) is 6.04 Å². The summed E-state index contributed by atoms with van der Waals surface area (Å²) in [6.45, 7) is 4.61. The minimum Gasteiger partial charge on any atom is -0.465 e. The van der Waals surface area contributed by atoms with Crippen molar-refractivity contribution in [1.82, 2.24) is 4.90 Å². The molecule has 2 N–H and O–H groups in total. The molecule has 1 aromatic rings. The van der Waals surface area contributed by atoms with E-state index in [1.54, 1.807) is 11.8 Å². The lowest BCUT2D eigenvalue weighted by atomic mass is 10.0. The lowest BCUT2D eigenvalue weighted by molar-refractivity contribution is 0.143. The van der Waals surface area contributed by atoms with Crippen molar-refractivity contribution in [1.29, 1.82) is 0 Å². The minimum absolute atomic E-state index is 0.150. The molecule has 3 atom stereocenters. The van der Waals surface area contributed by atoms with Crippen molar-refractivity contribution >= 4 is 21.6 Å². The molecule has 3 unspecified atom stereocenters. The summed E-state index contributed by atoms with van der Waals surface area (Å²) in [4.78, 5) is 2.01. The molecule has 1 aromatic heterocycles. The molecule has 0 bridgehead atoms. The molecule has 21 heavy (non-hydrogen) atoms. The Morgan fingerprint density at radius 1 is 1.52 bits per heavy atom. The van der Waals surface area contributed by atoms with E-state index in [2.05, 4.69) is 0 Å². The van der Waals surface area contributed by atoms with Gasteiger partial charge in [0.15, 0.2) is 9.84 Å². The Hall–Kier alpha value is -0.500. The molecule has 0 saturated carbocycles. The van der Waals surface area contributed by atoms with Crippen molar-refractivity contribution in [3.05, 3.63) is 23.7 Å². The molecule has 0 spiro atoms. The fraction of sp³-hybridized carbons (Fsp3) is 0.714. The molecular weight excluding hydrogens is 308 g/mol. The van der Waals surface area contributed by atoms with Gasteiger partial charge in [-0.1, -0.05) is 6.92 Å². The van der Waals surface area contributed by atoms with Crippen LogP contribution in [0.3, 0.4) is 0 Å². The lowest BCUT2D eigenvalue weighted by Gasteiger charge is -2.41. The number of aryl methyl sites for hydroxylation is 1. The summed E-state index contributed by atoms with van der Waals surface area (Å²) in [7, 11) is -3.16. The van der Waals surface area contributed by atoms with E-state index >= 15 is 0 Å². The highest BCUT2D eigenvalue weighted by molar-refractivity contribution is 8.00. The Bertz CT molecular complexity index is 571. The van der Waals surface area contributed by atoms with Crippen molar-refractivity contribution in [3.8, 4) is 0 Å². The second kappa shape index (κ2) is 6.73. The van der Waals surface area contributed by atoms with Crippen LogP contribution in [0.2, 0.25) is 0 Å². The maximum atomic E-state index is 12.1. The molecule has 0 aromatic carbocycles. The topological polar surface area (TPSA) is 76.5 Å². The van der Waals surface area contributed by atoms with Crippen LogP contribution in [-0.4, -0.2) is 49.0 Å². The van der Waals surface area contributed by atoms with E-state index in [1.165, 1.54) is 6.26 Å². The maximum Gasteiger partial charge on any atom is 0.164 e. The van der Waals surface area contributed by atoms with Crippen molar-refractivity contribution in [3.63, 3.8) is 0 Å². The Balaban J connectivity index is 2.38. The van der Waals surface area contributed by atoms with Crippen LogP contribution in [-0.2, 0) is 9.84 Å². The van der Waals surface area contributed by atoms with Crippen LogP contribution in [0.5, 0.6) is 0 Å². The Morgan fingerprint density at radius 3 is 2.76 bits per heavy atom. The first-order valence-electron chi connectivity index (χ1n) is 7.19. The number of furan rings is 1. The molecule has 0 aliphatic carbocycles. The molecule has 0 amide bonds. The first kappa shape index (κ1) is 16.9. The summed E-state index contributed by atoms with van der Waals surface area (Å²) < 4.78 is 30.0. The summed E-state index contributed by atoms with van der Waals surface area (Å²) >= 11 is 1.68. The van der Waals surface area contributed by atoms with E-state index < -0.39 is 15.2 Å². The highest BCUT2D eigenvalue weighted by atomic mass is 32.2. The van der Waals surface area contributed by atoms with Crippen molar-refractivity contribution < 1.29 is 12.8 Å². The number of sulfone groups is 1. The fourth-order valence-corrected chi connectivity index (χ4v) is 5.64. The Labute approximate surface area is 131 Å². The second-order valence-electron chi connectivity index (χ2n) is 5.56. The van der Waals surface area contributed by atoms with Crippen molar-refractivity contribution in [2.24, 2.45) is 5.73 Å². The van der Waals surface area contributed by atoms with Crippen LogP contribution >= 0.6 is 11.8 Å². The van der Waals surface area contributed by atoms with Gasteiger partial charge < -0.3 is 10.2 Å². The molecule has 1 aliphatic heterocycles. The standard InChI is InChI=1S/C14H24N2O3S2/c1-4-11(15)14(12-6-5-10(2)19-12)16-7-8-20-9-13(16)21(3,17)18/h5-6,11,13-14H,4,7-9,15H2,1-3H3. The monoisotopic (exact) mass is 332 g/mol. The van der Waals surface area contributed by atoms with Gasteiger partial charge in [0.1, 0.15) is 16.9 Å². The summed E-state index contributed by atoms with van der Waals surface area (Å²) in [6, 6.07) is 3.47. The number of rotatable bonds is 5. The van der Waals surface area contributed by atoms with E-state index in [-0.39, 0.29) is 12.1 Å². The average molecular weight is 332 g/mol. The molecule has 1 fully saturated rings. The smallest absolute Gasteiger partial charge is 0.164 e. The van der Waals surface area contributed by atoms with Gasteiger partial charge >= 0.3 is 0 Å². The van der Waals surface area contributed by atoms with Crippen LogP contribution < -0.4 is 5.73 Å². The number of nitrogens with zero attached hydrogens (tertiary/aromatic N) is 1. The second-order valence-corrected chi connectivity index (χ2v) is 8.92. The third-order valence-electron chi connectivity index (χ3n) is 3.91. The highest BCUT2D eigenvalue weighted by Crippen LogP contribution is 2.33. The van der Waals surface area contributed by atoms with Crippen molar-refractivity contribution in [2.45, 2.75) is 37.7 Å². The number of thioether (sulfide) groups is 1. The minimum atomic E-state index is -3.16. The quantitative estimate of drug-likeness (QED) is 0.886. The predicted molar refractivity (Wildman–Crippen MR) is 87.1 cm³/mol. The van der Waals surface area contributed by atoms with Gasteiger partial charge in [-0.25, -0.2) is 8.42 Å². The molecule has 120 valence electrons. The van der Waals surface area contributed by atoms with Crippen LogP contribution in [0.15, 0.2) is 16.5 Å². The van der Waals surface area contributed by atoms with Gasteiger partial charge in [0, 0.05) is 30.3 Å². The summed E-state index contributed by atoms with van der Waals surface area (Å²) in [6.07, 6.45) is 2.07. The molecule has 2 heterocycles. The first-order valence-corrected chi connectivity index (χ1v) is 10.3. The zero-order valence-electron chi connectivity index (χ0n) is 12.8. The Morgan fingerprint density at radius 2 is 2.24 bits per heavy atom. The Kier molecular flexibility index (Phi) is 5.40. The third kappa shape index (κ3) is 3.83. The fourth-order valence-electron chi connectivity index (χ4n) is 2.74. The van der Waals surface area contributed by atoms with E-state index in [0.717, 1.165) is 23.7 Å². The molecule has 2 rings (SSSR count). The van der Waals surface area contributed by atoms with Gasteiger partial charge in [0.2, 0.25) is 0 Å². The number of nitrogens with two attached hydrogens (primary N) is 1. The molecule has 5 nitrogen and oxygen atoms in total.